The van der Waals surface area contributed by atoms with Crippen molar-refractivity contribution in [1.82, 2.24) is 5.32 Å². The SMILES string of the molecule is CCCC(C)NCCN(C)c1ccc(C)cc1. The van der Waals surface area contributed by atoms with Crippen LogP contribution < -0.4 is 10.2 Å². The summed E-state index contributed by atoms with van der Waals surface area (Å²) in [5, 5.41) is 3.55. The number of hydrogen-bond donors (Lipinski definition) is 1. The summed E-state index contributed by atoms with van der Waals surface area (Å²) in [6.07, 6.45) is 2.51. The van der Waals surface area contributed by atoms with Crippen molar-refractivity contribution in [2.75, 3.05) is 25.0 Å². The van der Waals surface area contributed by atoms with Crippen molar-refractivity contribution >= 4 is 5.69 Å². The first-order valence-electron chi connectivity index (χ1n) is 6.64. The third-order valence-electron chi connectivity index (χ3n) is 3.14. The van der Waals surface area contributed by atoms with Gasteiger partial charge in [-0.1, -0.05) is 31.0 Å². The Kier molecular flexibility index (Phi) is 6.06. The monoisotopic (exact) mass is 234 g/mol. The molecule has 2 heteroatoms. The maximum absolute atomic E-state index is 3.55. The Morgan fingerprint density at radius 3 is 2.47 bits per heavy atom. The zero-order valence-electron chi connectivity index (χ0n) is 11.7. The standard InChI is InChI=1S/C15H26N2/c1-5-6-14(3)16-11-12-17(4)15-9-7-13(2)8-10-15/h7-10,14,16H,5-6,11-12H2,1-4H3. The highest BCUT2D eigenvalue weighted by Crippen LogP contribution is 2.12. The summed E-state index contributed by atoms with van der Waals surface area (Å²) < 4.78 is 0. The number of likely N-dealkylation sites (N-methyl/N-ethyl adjacent to an activating group) is 1. The molecule has 0 saturated carbocycles. The molecular formula is C15H26N2. The Morgan fingerprint density at radius 2 is 1.88 bits per heavy atom. The van der Waals surface area contributed by atoms with E-state index in [1.54, 1.807) is 0 Å². The van der Waals surface area contributed by atoms with Gasteiger partial charge in [0.25, 0.3) is 0 Å². The lowest BCUT2D eigenvalue weighted by molar-refractivity contribution is 0.512. The maximum atomic E-state index is 3.55. The third-order valence-corrected chi connectivity index (χ3v) is 3.14. The molecule has 0 aliphatic heterocycles. The van der Waals surface area contributed by atoms with Crippen LogP contribution in [0.4, 0.5) is 5.69 Å². The Bertz CT molecular complexity index is 305. The summed E-state index contributed by atoms with van der Waals surface area (Å²) >= 11 is 0. The zero-order chi connectivity index (χ0) is 12.7. The second kappa shape index (κ2) is 7.33. The number of hydrogen-bond acceptors (Lipinski definition) is 2. The van der Waals surface area contributed by atoms with Crippen LogP contribution in [0.1, 0.15) is 32.3 Å². The molecule has 1 rings (SSSR count). The lowest BCUT2D eigenvalue weighted by Crippen LogP contribution is -2.34. The van der Waals surface area contributed by atoms with Crippen LogP contribution in [-0.2, 0) is 0 Å². The normalized spacial score (nSPS) is 12.5. The Morgan fingerprint density at radius 1 is 1.24 bits per heavy atom. The first kappa shape index (κ1) is 14.0. The zero-order valence-corrected chi connectivity index (χ0v) is 11.7. The molecule has 0 amide bonds. The lowest BCUT2D eigenvalue weighted by Gasteiger charge is -2.21. The van der Waals surface area contributed by atoms with Crippen LogP contribution in [0.3, 0.4) is 0 Å². The molecule has 1 unspecified atom stereocenters. The molecule has 0 spiro atoms. The third kappa shape index (κ3) is 5.22. The average molecular weight is 234 g/mol. The second-order valence-electron chi connectivity index (χ2n) is 4.90. The van der Waals surface area contributed by atoms with E-state index < -0.39 is 0 Å². The second-order valence-corrected chi connectivity index (χ2v) is 4.90. The minimum Gasteiger partial charge on any atom is -0.373 e. The van der Waals surface area contributed by atoms with Gasteiger partial charge in [0.05, 0.1) is 0 Å². The van der Waals surface area contributed by atoms with E-state index in [4.69, 9.17) is 0 Å². The molecule has 96 valence electrons. The van der Waals surface area contributed by atoms with Crippen molar-refractivity contribution in [2.24, 2.45) is 0 Å². The van der Waals surface area contributed by atoms with Gasteiger partial charge < -0.3 is 10.2 Å². The van der Waals surface area contributed by atoms with E-state index in [0.717, 1.165) is 13.1 Å². The highest BCUT2D eigenvalue weighted by molar-refractivity contribution is 5.46. The van der Waals surface area contributed by atoms with Crippen molar-refractivity contribution in [2.45, 2.75) is 39.7 Å². The molecule has 1 aromatic carbocycles. The highest BCUT2D eigenvalue weighted by atomic mass is 15.1. The molecule has 17 heavy (non-hydrogen) atoms. The van der Waals surface area contributed by atoms with Gasteiger partial charge in [0.2, 0.25) is 0 Å². The fourth-order valence-electron chi connectivity index (χ4n) is 1.94. The molecule has 1 atom stereocenters. The fraction of sp³-hybridized carbons (Fsp3) is 0.600. The van der Waals surface area contributed by atoms with E-state index in [-0.39, 0.29) is 0 Å². The maximum Gasteiger partial charge on any atom is 0.0364 e. The summed E-state index contributed by atoms with van der Waals surface area (Å²) in [4.78, 5) is 2.30. The summed E-state index contributed by atoms with van der Waals surface area (Å²) in [6, 6.07) is 9.33. The topological polar surface area (TPSA) is 15.3 Å². The predicted molar refractivity (Wildman–Crippen MR) is 76.8 cm³/mol. The Balaban J connectivity index is 2.29. The average Bonchev–Trinajstić information content (AvgIpc) is 2.30. The smallest absolute Gasteiger partial charge is 0.0364 e. The van der Waals surface area contributed by atoms with Gasteiger partial charge in [-0.25, -0.2) is 0 Å². The molecule has 1 aromatic rings. The number of nitrogens with zero attached hydrogens (tertiary/aromatic N) is 1. The minimum absolute atomic E-state index is 0.631. The number of nitrogens with one attached hydrogen (secondary N) is 1. The van der Waals surface area contributed by atoms with Crippen LogP contribution >= 0.6 is 0 Å². The predicted octanol–water partition coefficient (Wildman–Crippen LogP) is 3.21. The molecule has 2 nitrogen and oxygen atoms in total. The van der Waals surface area contributed by atoms with Crippen LogP contribution in [-0.4, -0.2) is 26.2 Å². The van der Waals surface area contributed by atoms with Gasteiger partial charge in [0, 0.05) is 31.9 Å². The quantitative estimate of drug-likeness (QED) is 0.779. The Labute approximate surface area is 106 Å². The molecule has 0 aromatic heterocycles. The number of benzene rings is 1. The molecular weight excluding hydrogens is 208 g/mol. The number of aryl methyl sites for hydroxylation is 1. The number of anilines is 1. The van der Waals surface area contributed by atoms with E-state index in [1.807, 2.05) is 0 Å². The van der Waals surface area contributed by atoms with Crippen LogP contribution in [0.2, 0.25) is 0 Å². The van der Waals surface area contributed by atoms with Crippen molar-refractivity contribution < 1.29 is 0 Å². The van der Waals surface area contributed by atoms with E-state index in [9.17, 15) is 0 Å². The largest absolute Gasteiger partial charge is 0.373 e. The molecule has 0 aliphatic rings. The van der Waals surface area contributed by atoms with Gasteiger partial charge in [-0.3, -0.25) is 0 Å². The van der Waals surface area contributed by atoms with Gasteiger partial charge in [-0.05, 0) is 32.4 Å². The Hall–Kier alpha value is -1.02. The molecule has 0 aliphatic carbocycles. The van der Waals surface area contributed by atoms with Crippen LogP contribution in [0.15, 0.2) is 24.3 Å². The molecule has 0 bridgehead atoms. The van der Waals surface area contributed by atoms with Gasteiger partial charge >= 0.3 is 0 Å². The van der Waals surface area contributed by atoms with Crippen LogP contribution in [0.5, 0.6) is 0 Å². The van der Waals surface area contributed by atoms with E-state index in [2.05, 4.69) is 62.3 Å². The van der Waals surface area contributed by atoms with E-state index >= 15 is 0 Å². The molecule has 0 fully saturated rings. The van der Waals surface area contributed by atoms with Crippen molar-refractivity contribution in [3.8, 4) is 0 Å². The molecule has 0 heterocycles. The lowest BCUT2D eigenvalue weighted by atomic mass is 10.2. The first-order valence-corrected chi connectivity index (χ1v) is 6.64. The summed E-state index contributed by atoms with van der Waals surface area (Å²) in [7, 11) is 2.15. The summed E-state index contributed by atoms with van der Waals surface area (Å²) in [6.45, 7) is 8.71. The van der Waals surface area contributed by atoms with Crippen LogP contribution in [0.25, 0.3) is 0 Å². The van der Waals surface area contributed by atoms with Gasteiger partial charge in [-0.15, -0.1) is 0 Å². The highest BCUT2D eigenvalue weighted by Gasteiger charge is 2.02. The van der Waals surface area contributed by atoms with E-state index in [0.29, 0.717) is 6.04 Å². The van der Waals surface area contributed by atoms with E-state index in [1.165, 1.54) is 24.1 Å². The number of rotatable bonds is 7. The van der Waals surface area contributed by atoms with Crippen molar-refractivity contribution in [1.29, 1.82) is 0 Å². The van der Waals surface area contributed by atoms with Crippen molar-refractivity contribution in [3.63, 3.8) is 0 Å². The summed E-state index contributed by atoms with van der Waals surface area (Å²) in [5.41, 5.74) is 2.61. The summed E-state index contributed by atoms with van der Waals surface area (Å²) in [5.74, 6) is 0. The fourth-order valence-corrected chi connectivity index (χ4v) is 1.94. The van der Waals surface area contributed by atoms with Gasteiger partial charge in [0.15, 0.2) is 0 Å². The van der Waals surface area contributed by atoms with Crippen LogP contribution in [0, 0.1) is 6.92 Å². The first-order chi connectivity index (χ1) is 8.13. The van der Waals surface area contributed by atoms with Gasteiger partial charge in [-0.2, -0.15) is 0 Å². The van der Waals surface area contributed by atoms with Crippen molar-refractivity contribution in [3.05, 3.63) is 29.8 Å². The van der Waals surface area contributed by atoms with Gasteiger partial charge in [0.1, 0.15) is 0 Å². The molecule has 0 radical (unpaired) electrons. The minimum atomic E-state index is 0.631. The molecule has 1 N–H and O–H groups in total. The molecule has 0 saturated heterocycles.